The predicted molar refractivity (Wildman–Crippen MR) is 133 cm³/mol. The number of nitrogens with two attached hydrogens (primary N) is 1. The number of benzene rings is 1. The predicted octanol–water partition coefficient (Wildman–Crippen LogP) is 2.15. The Labute approximate surface area is 212 Å². The maximum Gasteiger partial charge on any atom is 0.191 e. The van der Waals surface area contributed by atoms with Gasteiger partial charge in [-0.2, -0.15) is 15.8 Å². The molecule has 0 spiro atoms. The first-order valence-corrected chi connectivity index (χ1v) is 12.3. The summed E-state index contributed by atoms with van der Waals surface area (Å²) in [5.41, 5.74) is 6.58. The number of fused-ring (bicyclic) bond motifs is 1. The van der Waals surface area contributed by atoms with Crippen molar-refractivity contribution < 1.29 is 14.2 Å². The first kappa shape index (κ1) is 25.5. The summed E-state index contributed by atoms with van der Waals surface area (Å²) in [6, 6.07) is 12.1. The first-order valence-electron chi connectivity index (χ1n) is 12.3. The number of allylic oxidation sites excluding steroid dienone is 2. The number of likely N-dealkylation sites (N-methyl/N-ethyl adjacent to an activating group) is 1. The standard InChI is InChI=1S/C27H32N6O3/c1-3-35-24-14-19(4-5-23(24)36-13-10-33-8-11-34-12-9-33)25-22-16-32(2)7-6-20(22)21(15-28)26(31)27(25,17-29)18-30/h4-6,14,22,25H,3,7-13,16,31H2,1-2H3/t22-,25+/m1/s1. The van der Waals surface area contributed by atoms with Crippen molar-refractivity contribution in [2.75, 3.05) is 66.2 Å². The third-order valence-corrected chi connectivity index (χ3v) is 7.24. The van der Waals surface area contributed by atoms with Gasteiger partial charge in [-0.3, -0.25) is 4.90 Å². The summed E-state index contributed by atoms with van der Waals surface area (Å²) in [5, 5.41) is 30.4. The van der Waals surface area contributed by atoms with Gasteiger partial charge < -0.3 is 24.8 Å². The normalized spacial score (nSPS) is 24.0. The second-order valence-electron chi connectivity index (χ2n) is 9.34. The smallest absolute Gasteiger partial charge is 0.191 e. The number of nitrogens with zero attached hydrogens (tertiary/aromatic N) is 5. The molecule has 1 aliphatic carbocycles. The molecular weight excluding hydrogens is 456 g/mol. The number of hydrogen-bond donors (Lipinski definition) is 1. The van der Waals surface area contributed by atoms with E-state index in [4.69, 9.17) is 19.9 Å². The summed E-state index contributed by atoms with van der Waals surface area (Å²) in [6.45, 7) is 8.14. The van der Waals surface area contributed by atoms with Crippen LogP contribution in [-0.2, 0) is 4.74 Å². The molecule has 36 heavy (non-hydrogen) atoms. The van der Waals surface area contributed by atoms with Crippen molar-refractivity contribution in [3.63, 3.8) is 0 Å². The van der Waals surface area contributed by atoms with Crippen LogP contribution in [-0.4, -0.2) is 76.0 Å². The third kappa shape index (κ3) is 4.64. The molecule has 1 aromatic carbocycles. The number of nitriles is 3. The van der Waals surface area contributed by atoms with Crippen molar-refractivity contribution in [1.82, 2.24) is 9.80 Å². The van der Waals surface area contributed by atoms with Crippen LogP contribution < -0.4 is 15.2 Å². The van der Waals surface area contributed by atoms with Crippen LogP contribution in [0.5, 0.6) is 11.5 Å². The van der Waals surface area contributed by atoms with E-state index in [9.17, 15) is 15.8 Å². The minimum atomic E-state index is -1.67. The SMILES string of the molecule is CCOc1cc([C@H]2[C@@H]3CN(C)CC=C3C(C#N)=C(N)C2(C#N)C#N)ccc1OCCN1CCOCC1. The van der Waals surface area contributed by atoms with E-state index in [0.29, 0.717) is 37.8 Å². The zero-order chi connectivity index (χ0) is 25.7. The number of morpholine rings is 1. The molecule has 0 unspecified atom stereocenters. The van der Waals surface area contributed by atoms with Gasteiger partial charge in [0.1, 0.15) is 12.7 Å². The Balaban J connectivity index is 1.70. The Kier molecular flexibility index (Phi) is 7.82. The zero-order valence-corrected chi connectivity index (χ0v) is 20.9. The summed E-state index contributed by atoms with van der Waals surface area (Å²) < 4.78 is 17.4. The lowest BCUT2D eigenvalue weighted by Gasteiger charge is -2.45. The fourth-order valence-corrected chi connectivity index (χ4v) is 5.42. The van der Waals surface area contributed by atoms with Crippen LogP contribution in [0.2, 0.25) is 0 Å². The monoisotopic (exact) mass is 488 g/mol. The highest BCUT2D eigenvalue weighted by Crippen LogP contribution is 2.54. The lowest BCUT2D eigenvalue weighted by atomic mass is 9.58. The lowest BCUT2D eigenvalue weighted by molar-refractivity contribution is 0.0321. The van der Waals surface area contributed by atoms with E-state index in [-0.39, 0.29) is 17.2 Å². The quantitative estimate of drug-likeness (QED) is 0.613. The van der Waals surface area contributed by atoms with Crippen LogP contribution in [0.4, 0.5) is 0 Å². The average Bonchev–Trinajstić information content (AvgIpc) is 2.90. The number of rotatable bonds is 7. The van der Waals surface area contributed by atoms with Gasteiger partial charge in [0.2, 0.25) is 0 Å². The molecule has 3 aliphatic rings. The van der Waals surface area contributed by atoms with Gasteiger partial charge >= 0.3 is 0 Å². The zero-order valence-electron chi connectivity index (χ0n) is 20.9. The second kappa shape index (κ2) is 11.0. The summed E-state index contributed by atoms with van der Waals surface area (Å²) in [6.07, 6.45) is 1.98. The summed E-state index contributed by atoms with van der Waals surface area (Å²) in [7, 11) is 1.98. The molecule has 9 nitrogen and oxygen atoms in total. The molecule has 2 N–H and O–H groups in total. The molecule has 0 radical (unpaired) electrons. The maximum absolute atomic E-state index is 10.3. The van der Waals surface area contributed by atoms with Crippen LogP contribution in [0.3, 0.4) is 0 Å². The van der Waals surface area contributed by atoms with Gasteiger partial charge in [0.25, 0.3) is 0 Å². The molecule has 1 fully saturated rings. The Morgan fingerprint density at radius 1 is 1.14 bits per heavy atom. The highest BCUT2D eigenvalue weighted by molar-refractivity contribution is 5.60. The van der Waals surface area contributed by atoms with Crippen molar-refractivity contribution in [3.05, 3.63) is 46.7 Å². The van der Waals surface area contributed by atoms with Crippen LogP contribution in [0, 0.1) is 45.3 Å². The second-order valence-corrected chi connectivity index (χ2v) is 9.34. The molecular formula is C27H32N6O3. The van der Waals surface area contributed by atoms with Crippen molar-refractivity contribution in [2.24, 2.45) is 17.1 Å². The van der Waals surface area contributed by atoms with Crippen molar-refractivity contribution in [2.45, 2.75) is 12.8 Å². The van der Waals surface area contributed by atoms with Crippen LogP contribution in [0.25, 0.3) is 0 Å². The molecule has 1 aromatic rings. The van der Waals surface area contributed by atoms with Gasteiger partial charge in [0.15, 0.2) is 16.9 Å². The van der Waals surface area contributed by atoms with E-state index in [0.717, 1.165) is 44.0 Å². The summed E-state index contributed by atoms with van der Waals surface area (Å²) in [4.78, 5) is 4.41. The van der Waals surface area contributed by atoms with Gasteiger partial charge in [-0.15, -0.1) is 0 Å². The highest BCUT2D eigenvalue weighted by Gasteiger charge is 2.54. The molecule has 0 bridgehead atoms. The van der Waals surface area contributed by atoms with Gasteiger partial charge in [-0.25, -0.2) is 0 Å². The molecule has 2 atom stereocenters. The summed E-state index contributed by atoms with van der Waals surface area (Å²) in [5.74, 6) is 0.361. The molecule has 2 heterocycles. The molecule has 0 aromatic heterocycles. The molecule has 188 valence electrons. The number of ether oxygens (including phenoxy) is 3. The van der Waals surface area contributed by atoms with E-state index in [2.05, 4.69) is 28.0 Å². The van der Waals surface area contributed by atoms with Gasteiger partial charge in [-0.1, -0.05) is 12.1 Å². The first-order chi connectivity index (χ1) is 17.5. The van der Waals surface area contributed by atoms with Gasteiger partial charge in [0.05, 0.1) is 43.2 Å². The van der Waals surface area contributed by atoms with E-state index in [1.165, 1.54) is 0 Å². The van der Waals surface area contributed by atoms with Crippen LogP contribution in [0.15, 0.2) is 41.1 Å². The Hall–Kier alpha value is -3.55. The molecule has 4 rings (SSSR count). The third-order valence-electron chi connectivity index (χ3n) is 7.24. The summed E-state index contributed by atoms with van der Waals surface area (Å²) >= 11 is 0. The van der Waals surface area contributed by atoms with E-state index in [1.807, 2.05) is 38.2 Å². The van der Waals surface area contributed by atoms with E-state index < -0.39 is 11.3 Å². The maximum atomic E-state index is 10.3. The Bertz CT molecular complexity index is 1150. The highest BCUT2D eigenvalue weighted by atomic mass is 16.5. The van der Waals surface area contributed by atoms with Crippen molar-refractivity contribution in [3.8, 4) is 29.7 Å². The fraction of sp³-hybridized carbons (Fsp3) is 0.519. The topological polar surface area (TPSA) is 132 Å². The van der Waals surface area contributed by atoms with E-state index >= 15 is 0 Å². The average molecular weight is 489 g/mol. The van der Waals surface area contributed by atoms with Gasteiger partial charge in [-0.05, 0) is 37.2 Å². The minimum absolute atomic E-state index is 0.0239. The molecule has 0 amide bonds. The molecule has 1 saturated heterocycles. The minimum Gasteiger partial charge on any atom is -0.490 e. The number of hydrogen-bond acceptors (Lipinski definition) is 9. The van der Waals surface area contributed by atoms with Gasteiger partial charge in [0, 0.05) is 44.6 Å². The molecule has 0 saturated carbocycles. The molecule has 2 aliphatic heterocycles. The largest absolute Gasteiger partial charge is 0.490 e. The molecule has 9 heteroatoms. The van der Waals surface area contributed by atoms with Crippen LogP contribution >= 0.6 is 0 Å². The lowest BCUT2D eigenvalue weighted by Crippen LogP contribution is -2.47. The Morgan fingerprint density at radius 2 is 1.89 bits per heavy atom. The van der Waals surface area contributed by atoms with Crippen molar-refractivity contribution in [1.29, 1.82) is 15.8 Å². The fourth-order valence-electron chi connectivity index (χ4n) is 5.42. The Morgan fingerprint density at radius 3 is 2.56 bits per heavy atom. The van der Waals surface area contributed by atoms with Crippen LogP contribution in [0.1, 0.15) is 18.4 Å². The van der Waals surface area contributed by atoms with E-state index in [1.54, 1.807) is 0 Å². The van der Waals surface area contributed by atoms with Crippen molar-refractivity contribution >= 4 is 0 Å².